The molecule has 1 fully saturated rings. The molecule has 0 spiro atoms. The van der Waals surface area contributed by atoms with Crippen LogP contribution in [0.5, 0.6) is 0 Å². The number of carboxylic acid groups (broad SMARTS) is 1. The Morgan fingerprint density at radius 1 is 1.53 bits per heavy atom. The topological polar surface area (TPSA) is 75.1 Å². The van der Waals surface area contributed by atoms with Crippen LogP contribution < -0.4 is 5.32 Å². The fourth-order valence-electron chi connectivity index (χ4n) is 2.33. The lowest BCUT2D eigenvalue weighted by Crippen LogP contribution is -2.52. The number of aryl methyl sites for hydroxylation is 1. The lowest BCUT2D eigenvalue weighted by molar-refractivity contribution is -0.145. The fourth-order valence-corrected chi connectivity index (χ4v) is 3.26. The molecule has 0 amide bonds. The second-order valence-electron chi connectivity index (χ2n) is 4.87. The van der Waals surface area contributed by atoms with E-state index >= 15 is 0 Å². The molecule has 3 rings (SSSR count). The van der Waals surface area contributed by atoms with Gasteiger partial charge in [0.25, 0.3) is 0 Å². The Labute approximate surface area is 114 Å². The number of aliphatic carboxylic acids is 1. The Morgan fingerprint density at radius 2 is 2.32 bits per heavy atom. The van der Waals surface area contributed by atoms with Gasteiger partial charge in [-0.25, -0.2) is 14.8 Å². The first-order chi connectivity index (χ1) is 9.14. The molecule has 0 bridgehead atoms. The summed E-state index contributed by atoms with van der Waals surface area (Å²) < 4.78 is 0. The van der Waals surface area contributed by atoms with Gasteiger partial charge in [-0.1, -0.05) is 6.92 Å². The number of hydrogen-bond donors (Lipinski definition) is 2. The number of fused-ring (bicyclic) bond motifs is 1. The van der Waals surface area contributed by atoms with Crippen molar-refractivity contribution in [1.82, 2.24) is 9.97 Å². The van der Waals surface area contributed by atoms with E-state index in [0.29, 0.717) is 18.7 Å². The van der Waals surface area contributed by atoms with E-state index in [1.54, 1.807) is 11.3 Å². The Bertz CT molecular complexity index is 634. The Balaban J connectivity index is 2.00. The molecule has 2 aromatic heterocycles. The van der Waals surface area contributed by atoms with E-state index in [-0.39, 0.29) is 0 Å². The quantitative estimate of drug-likeness (QED) is 0.898. The zero-order valence-corrected chi connectivity index (χ0v) is 11.5. The number of anilines is 1. The van der Waals surface area contributed by atoms with Gasteiger partial charge in [0.15, 0.2) is 0 Å². The van der Waals surface area contributed by atoms with Crippen molar-refractivity contribution in [2.75, 3.05) is 5.32 Å². The minimum absolute atomic E-state index is 0.642. The molecule has 1 aliphatic rings. The van der Waals surface area contributed by atoms with Gasteiger partial charge in [-0.15, -0.1) is 11.3 Å². The molecule has 0 atom stereocenters. The highest BCUT2D eigenvalue weighted by Gasteiger charge is 2.45. The Kier molecular flexibility index (Phi) is 2.89. The largest absolute Gasteiger partial charge is 0.480 e. The van der Waals surface area contributed by atoms with Crippen LogP contribution >= 0.6 is 11.3 Å². The highest BCUT2D eigenvalue weighted by Crippen LogP contribution is 2.37. The first-order valence-corrected chi connectivity index (χ1v) is 7.21. The van der Waals surface area contributed by atoms with E-state index < -0.39 is 11.5 Å². The summed E-state index contributed by atoms with van der Waals surface area (Å²) >= 11 is 1.63. The molecule has 1 saturated carbocycles. The maximum absolute atomic E-state index is 11.4. The molecule has 100 valence electrons. The Hall–Kier alpha value is -1.69. The number of carbonyl (C=O) groups is 1. The van der Waals surface area contributed by atoms with Crippen LogP contribution in [0.15, 0.2) is 12.4 Å². The van der Waals surface area contributed by atoms with Crippen LogP contribution in [0.2, 0.25) is 0 Å². The minimum atomic E-state index is -0.838. The van der Waals surface area contributed by atoms with Crippen molar-refractivity contribution in [2.24, 2.45) is 0 Å². The molecule has 0 radical (unpaired) electrons. The fraction of sp³-hybridized carbons (Fsp3) is 0.462. The molecule has 0 saturated heterocycles. The third kappa shape index (κ3) is 1.96. The van der Waals surface area contributed by atoms with Crippen molar-refractivity contribution in [3.63, 3.8) is 0 Å². The van der Waals surface area contributed by atoms with Gasteiger partial charge < -0.3 is 10.4 Å². The summed E-state index contributed by atoms with van der Waals surface area (Å²) in [6.07, 6.45) is 4.69. The van der Waals surface area contributed by atoms with Crippen molar-refractivity contribution in [1.29, 1.82) is 0 Å². The summed E-state index contributed by atoms with van der Waals surface area (Å²) in [6.45, 7) is 2.09. The summed E-state index contributed by atoms with van der Waals surface area (Å²) in [5, 5.41) is 13.4. The number of thiophene rings is 1. The third-order valence-corrected chi connectivity index (χ3v) is 4.89. The number of nitrogens with one attached hydrogen (secondary N) is 1. The van der Waals surface area contributed by atoms with Gasteiger partial charge >= 0.3 is 5.97 Å². The van der Waals surface area contributed by atoms with Crippen LogP contribution in [0.25, 0.3) is 10.2 Å². The van der Waals surface area contributed by atoms with Gasteiger partial charge in [-0.05, 0) is 31.7 Å². The van der Waals surface area contributed by atoms with Crippen molar-refractivity contribution >= 4 is 33.3 Å². The summed E-state index contributed by atoms with van der Waals surface area (Å²) in [7, 11) is 0. The average molecular weight is 277 g/mol. The van der Waals surface area contributed by atoms with Gasteiger partial charge in [-0.2, -0.15) is 0 Å². The summed E-state index contributed by atoms with van der Waals surface area (Å²) in [4.78, 5) is 22.0. The predicted molar refractivity (Wildman–Crippen MR) is 74.6 cm³/mol. The minimum Gasteiger partial charge on any atom is -0.480 e. The first-order valence-electron chi connectivity index (χ1n) is 6.39. The standard InChI is InChI=1S/C13H15N3O2S/c1-2-8-6-9-10(14-7-15-11(9)19-8)16-13(12(17)18)4-3-5-13/h6-7H,2-5H2,1H3,(H,17,18)(H,14,15,16). The zero-order chi connectivity index (χ0) is 13.5. The van der Waals surface area contributed by atoms with E-state index in [0.717, 1.165) is 23.1 Å². The smallest absolute Gasteiger partial charge is 0.329 e. The van der Waals surface area contributed by atoms with Crippen molar-refractivity contribution in [2.45, 2.75) is 38.1 Å². The van der Waals surface area contributed by atoms with Crippen molar-refractivity contribution < 1.29 is 9.90 Å². The van der Waals surface area contributed by atoms with Crippen LogP contribution in [0, 0.1) is 0 Å². The van der Waals surface area contributed by atoms with E-state index in [4.69, 9.17) is 0 Å². The molecule has 0 aliphatic heterocycles. The zero-order valence-electron chi connectivity index (χ0n) is 10.6. The third-order valence-electron chi connectivity index (χ3n) is 3.70. The highest BCUT2D eigenvalue weighted by atomic mass is 32.1. The van der Waals surface area contributed by atoms with E-state index in [9.17, 15) is 9.90 Å². The normalized spacial score (nSPS) is 17.1. The molecule has 5 nitrogen and oxygen atoms in total. The number of aromatic nitrogens is 2. The van der Waals surface area contributed by atoms with Gasteiger partial charge in [0.1, 0.15) is 22.5 Å². The molecular weight excluding hydrogens is 262 g/mol. The lowest BCUT2D eigenvalue weighted by Gasteiger charge is -2.38. The molecule has 2 heterocycles. The molecule has 0 unspecified atom stereocenters. The van der Waals surface area contributed by atoms with Crippen LogP contribution in [0.1, 0.15) is 31.1 Å². The number of nitrogens with zero attached hydrogens (tertiary/aromatic N) is 2. The monoisotopic (exact) mass is 277 g/mol. The summed E-state index contributed by atoms with van der Waals surface area (Å²) in [6, 6.07) is 2.05. The highest BCUT2D eigenvalue weighted by molar-refractivity contribution is 7.18. The number of carboxylic acids is 1. The SMILES string of the molecule is CCc1cc2c(NC3(C(=O)O)CCC3)ncnc2s1. The molecule has 2 N–H and O–H groups in total. The maximum atomic E-state index is 11.4. The predicted octanol–water partition coefficient (Wildman–Crippen LogP) is 2.67. The number of rotatable bonds is 4. The maximum Gasteiger partial charge on any atom is 0.329 e. The van der Waals surface area contributed by atoms with Gasteiger partial charge in [0.2, 0.25) is 0 Å². The van der Waals surface area contributed by atoms with Gasteiger partial charge in [0, 0.05) is 4.88 Å². The molecular formula is C13H15N3O2S. The molecule has 0 aromatic carbocycles. The molecule has 1 aliphatic carbocycles. The summed E-state index contributed by atoms with van der Waals surface area (Å²) in [5.41, 5.74) is -0.838. The average Bonchev–Trinajstić information content (AvgIpc) is 2.76. The van der Waals surface area contributed by atoms with E-state index in [1.807, 2.05) is 0 Å². The molecule has 2 aromatic rings. The van der Waals surface area contributed by atoms with Gasteiger partial charge in [0.05, 0.1) is 5.39 Å². The number of hydrogen-bond acceptors (Lipinski definition) is 5. The lowest BCUT2D eigenvalue weighted by atomic mass is 9.77. The second kappa shape index (κ2) is 4.45. The van der Waals surface area contributed by atoms with Gasteiger partial charge in [-0.3, -0.25) is 0 Å². The Morgan fingerprint density at radius 3 is 2.89 bits per heavy atom. The van der Waals surface area contributed by atoms with Crippen molar-refractivity contribution in [3.8, 4) is 0 Å². The van der Waals surface area contributed by atoms with Crippen LogP contribution in [-0.4, -0.2) is 26.6 Å². The van der Waals surface area contributed by atoms with Crippen LogP contribution in [0.3, 0.4) is 0 Å². The first kappa shape index (κ1) is 12.3. The van der Waals surface area contributed by atoms with Crippen molar-refractivity contribution in [3.05, 3.63) is 17.3 Å². The van der Waals surface area contributed by atoms with Crippen LogP contribution in [-0.2, 0) is 11.2 Å². The molecule has 6 heteroatoms. The van der Waals surface area contributed by atoms with Crippen LogP contribution in [0.4, 0.5) is 5.82 Å². The summed E-state index contributed by atoms with van der Waals surface area (Å²) in [5.74, 6) is -0.153. The van der Waals surface area contributed by atoms with E-state index in [1.165, 1.54) is 11.2 Å². The molecule has 19 heavy (non-hydrogen) atoms. The van der Waals surface area contributed by atoms with E-state index in [2.05, 4.69) is 28.3 Å². The second-order valence-corrected chi connectivity index (χ2v) is 5.99.